The van der Waals surface area contributed by atoms with Gasteiger partial charge in [0, 0.05) is 30.9 Å². The third kappa shape index (κ3) is 3.45. The molecule has 0 amide bonds. The highest BCUT2D eigenvalue weighted by atomic mass is 19.2. The Kier molecular flexibility index (Phi) is 4.39. The highest BCUT2D eigenvalue weighted by Crippen LogP contribution is 2.26. The fraction of sp³-hybridized carbons (Fsp3) is 0.333. The molecule has 1 aliphatic heterocycles. The van der Waals surface area contributed by atoms with Crippen molar-refractivity contribution in [2.75, 3.05) is 18.0 Å². The topological polar surface area (TPSA) is 29.3 Å². The van der Waals surface area contributed by atoms with Crippen molar-refractivity contribution >= 4 is 5.69 Å². The van der Waals surface area contributed by atoms with E-state index in [4.69, 9.17) is 5.73 Å². The molecule has 4 heteroatoms. The quantitative estimate of drug-likeness (QED) is 0.942. The zero-order chi connectivity index (χ0) is 15.5. The maximum atomic E-state index is 13.4. The van der Waals surface area contributed by atoms with E-state index in [2.05, 4.69) is 17.0 Å². The molecule has 2 nitrogen and oxygen atoms in total. The van der Waals surface area contributed by atoms with Crippen molar-refractivity contribution in [3.05, 3.63) is 65.7 Å². The van der Waals surface area contributed by atoms with Gasteiger partial charge in [0.25, 0.3) is 0 Å². The Hall–Kier alpha value is -1.94. The van der Waals surface area contributed by atoms with Crippen molar-refractivity contribution < 1.29 is 8.78 Å². The van der Waals surface area contributed by atoms with Crippen LogP contribution in [0, 0.1) is 17.6 Å². The fourth-order valence-electron chi connectivity index (χ4n) is 3.23. The van der Waals surface area contributed by atoms with Crippen LogP contribution in [0.5, 0.6) is 0 Å². The molecule has 0 spiro atoms. The van der Waals surface area contributed by atoms with Crippen LogP contribution in [0.4, 0.5) is 14.5 Å². The van der Waals surface area contributed by atoms with Crippen molar-refractivity contribution in [1.82, 2.24) is 0 Å². The Morgan fingerprint density at radius 2 is 1.77 bits per heavy atom. The van der Waals surface area contributed by atoms with E-state index in [9.17, 15) is 8.78 Å². The van der Waals surface area contributed by atoms with Gasteiger partial charge in [-0.15, -0.1) is 0 Å². The van der Waals surface area contributed by atoms with Crippen molar-refractivity contribution in [3.8, 4) is 0 Å². The number of benzene rings is 2. The Bertz CT molecular complexity index is 630. The molecule has 1 saturated heterocycles. The molecule has 0 aromatic heterocycles. The Labute approximate surface area is 129 Å². The van der Waals surface area contributed by atoms with Crippen LogP contribution >= 0.6 is 0 Å². The van der Waals surface area contributed by atoms with Crippen LogP contribution in [0.25, 0.3) is 0 Å². The smallest absolute Gasteiger partial charge is 0.160 e. The maximum absolute atomic E-state index is 13.4. The summed E-state index contributed by atoms with van der Waals surface area (Å²) in [6, 6.07) is 14.4. The summed E-state index contributed by atoms with van der Waals surface area (Å²) in [7, 11) is 0. The van der Waals surface area contributed by atoms with Gasteiger partial charge in [0.05, 0.1) is 0 Å². The van der Waals surface area contributed by atoms with E-state index in [1.807, 2.05) is 18.2 Å². The zero-order valence-electron chi connectivity index (χ0n) is 12.4. The second-order valence-electron chi connectivity index (χ2n) is 6.05. The molecule has 2 N–H and O–H groups in total. The fourth-order valence-corrected chi connectivity index (χ4v) is 3.23. The van der Waals surface area contributed by atoms with Crippen LogP contribution in [0.3, 0.4) is 0 Å². The van der Waals surface area contributed by atoms with Crippen molar-refractivity contribution in [3.63, 3.8) is 0 Å². The lowest BCUT2D eigenvalue weighted by molar-refractivity contribution is 0.374. The summed E-state index contributed by atoms with van der Waals surface area (Å²) in [6.45, 7) is 1.49. The molecule has 0 bridgehead atoms. The van der Waals surface area contributed by atoms with Gasteiger partial charge in [-0.2, -0.15) is 0 Å². The van der Waals surface area contributed by atoms with Crippen LogP contribution in [0.15, 0.2) is 48.5 Å². The Morgan fingerprint density at radius 1 is 1.00 bits per heavy atom. The average molecular weight is 302 g/mol. The normalized spacial score (nSPS) is 21.9. The molecule has 22 heavy (non-hydrogen) atoms. The second-order valence-corrected chi connectivity index (χ2v) is 6.05. The molecule has 0 saturated carbocycles. The van der Waals surface area contributed by atoms with Gasteiger partial charge < -0.3 is 10.6 Å². The van der Waals surface area contributed by atoms with Gasteiger partial charge in [0.15, 0.2) is 11.6 Å². The third-order valence-electron chi connectivity index (χ3n) is 4.21. The van der Waals surface area contributed by atoms with E-state index in [0.29, 0.717) is 18.2 Å². The number of piperidine rings is 1. The predicted octanol–water partition coefficient (Wildman–Crippen LogP) is 3.36. The molecule has 2 aromatic carbocycles. The van der Waals surface area contributed by atoms with E-state index in [1.165, 1.54) is 17.7 Å². The van der Waals surface area contributed by atoms with Crippen LogP contribution in [-0.4, -0.2) is 19.1 Å². The molecule has 2 unspecified atom stereocenters. The molecule has 1 fully saturated rings. The third-order valence-corrected chi connectivity index (χ3v) is 4.21. The van der Waals surface area contributed by atoms with Crippen molar-refractivity contribution in [1.29, 1.82) is 0 Å². The summed E-state index contributed by atoms with van der Waals surface area (Å²) in [5, 5.41) is 0. The molecule has 0 aliphatic carbocycles. The van der Waals surface area contributed by atoms with E-state index >= 15 is 0 Å². The van der Waals surface area contributed by atoms with Gasteiger partial charge in [0.1, 0.15) is 0 Å². The number of anilines is 1. The lowest BCUT2D eigenvalue weighted by Gasteiger charge is -2.38. The van der Waals surface area contributed by atoms with Gasteiger partial charge in [-0.1, -0.05) is 30.3 Å². The summed E-state index contributed by atoms with van der Waals surface area (Å²) in [4.78, 5) is 2.06. The molecular weight excluding hydrogens is 282 g/mol. The number of nitrogens with two attached hydrogens (primary N) is 1. The zero-order valence-corrected chi connectivity index (χ0v) is 12.4. The van der Waals surface area contributed by atoms with Gasteiger partial charge in [0.2, 0.25) is 0 Å². The predicted molar refractivity (Wildman–Crippen MR) is 84.8 cm³/mol. The number of hydrogen-bond acceptors (Lipinski definition) is 2. The summed E-state index contributed by atoms with van der Waals surface area (Å²) < 4.78 is 26.5. The lowest BCUT2D eigenvalue weighted by atomic mass is 9.89. The van der Waals surface area contributed by atoms with Crippen LogP contribution < -0.4 is 10.6 Å². The first-order valence-corrected chi connectivity index (χ1v) is 7.61. The second kappa shape index (κ2) is 6.44. The van der Waals surface area contributed by atoms with Gasteiger partial charge in [-0.3, -0.25) is 0 Å². The first-order chi connectivity index (χ1) is 10.6. The summed E-state index contributed by atoms with van der Waals surface area (Å²) in [5.41, 5.74) is 8.15. The van der Waals surface area contributed by atoms with Crippen LogP contribution in [0.1, 0.15) is 12.0 Å². The van der Waals surface area contributed by atoms with E-state index < -0.39 is 11.6 Å². The maximum Gasteiger partial charge on any atom is 0.160 e. The van der Waals surface area contributed by atoms with Crippen LogP contribution in [0.2, 0.25) is 0 Å². The highest BCUT2D eigenvalue weighted by molar-refractivity contribution is 5.47. The van der Waals surface area contributed by atoms with Gasteiger partial charge in [-0.25, -0.2) is 8.78 Å². The average Bonchev–Trinajstić information content (AvgIpc) is 2.50. The largest absolute Gasteiger partial charge is 0.370 e. The summed E-state index contributed by atoms with van der Waals surface area (Å²) in [6.07, 6.45) is 1.91. The first-order valence-electron chi connectivity index (χ1n) is 7.61. The first kappa shape index (κ1) is 15.0. The van der Waals surface area contributed by atoms with E-state index in [0.717, 1.165) is 19.4 Å². The molecule has 0 radical (unpaired) electrons. The van der Waals surface area contributed by atoms with Crippen molar-refractivity contribution in [2.45, 2.75) is 18.9 Å². The van der Waals surface area contributed by atoms with E-state index in [-0.39, 0.29) is 6.04 Å². The molecule has 2 aromatic rings. The molecular formula is C18H20F2N2. The number of nitrogens with zero attached hydrogens (tertiary/aromatic N) is 1. The monoisotopic (exact) mass is 302 g/mol. The van der Waals surface area contributed by atoms with Crippen LogP contribution in [-0.2, 0) is 6.42 Å². The standard InChI is InChI=1S/C18H20F2N2/c19-17-7-6-16(10-18(17)20)22-11-14(9-15(21)12-22)8-13-4-2-1-3-5-13/h1-7,10,14-15H,8-9,11-12,21H2. The van der Waals surface area contributed by atoms with Crippen molar-refractivity contribution in [2.24, 2.45) is 11.7 Å². The molecule has 3 rings (SSSR count). The molecule has 116 valence electrons. The highest BCUT2D eigenvalue weighted by Gasteiger charge is 2.25. The molecule has 2 atom stereocenters. The molecule has 1 aliphatic rings. The Morgan fingerprint density at radius 3 is 2.50 bits per heavy atom. The minimum absolute atomic E-state index is 0.0515. The lowest BCUT2D eigenvalue weighted by Crippen LogP contribution is -2.47. The summed E-state index contributed by atoms with van der Waals surface area (Å²) >= 11 is 0. The summed E-state index contributed by atoms with van der Waals surface area (Å²) in [5.74, 6) is -1.21. The van der Waals surface area contributed by atoms with E-state index in [1.54, 1.807) is 6.07 Å². The minimum atomic E-state index is -0.814. The molecule has 1 heterocycles. The Balaban J connectivity index is 1.74. The number of hydrogen-bond donors (Lipinski definition) is 1. The van der Waals surface area contributed by atoms with Gasteiger partial charge in [-0.05, 0) is 36.5 Å². The SMILES string of the molecule is NC1CC(Cc2ccccc2)CN(c2ccc(F)c(F)c2)C1. The van der Waals surface area contributed by atoms with Gasteiger partial charge >= 0.3 is 0 Å². The number of rotatable bonds is 3. The number of halogens is 2. The minimum Gasteiger partial charge on any atom is -0.370 e.